The smallest absolute Gasteiger partial charge is 0.309 e. The highest BCUT2D eigenvalue weighted by Crippen LogP contribution is 2.22. The normalized spacial score (nSPS) is 15.4. The number of ether oxygens (including phenoxy) is 1. The maximum absolute atomic E-state index is 11.7. The standard InChI is InChI=1S/C14H16O3.C2H6/c15-13-8-6-12(7-9-13)14(16)17-10-11-4-2-1-3-5-11;1-2/h1-5,12H,6-10H2;1-2H3. The number of esters is 1. The van der Waals surface area contributed by atoms with Gasteiger partial charge in [0.25, 0.3) is 0 Å². The van der Waals surface area contributed by atoms with E-state index in [9.17, 15) is 9.59 Å². The van der Waals surface area contributed by atoms with Crippen LogP contribution in [0.5, 0.6) is 0 Å². The van der Waals surface area contributed by atoms with Gasteiger partial charge in [0.1, 0.15) is 12.4 Å². The lowest BCUT2D eigenvalue weighted by Crippen LogP contribution is -2.23. The van der Waals surface area contributed by atoms with Gasteiger partial charge < -0.3 is 4.74 Å². The summed E-state index contributed by atoms with van der Waals surface area (Å²) in [6, 6.07) is 9.62. The molecular weight excluding hydrogens is 240 g/mol. The van der Waals surface area contributed by atoms with Gasteiger partial charge in [0.2, 0.25) is 0 Å². The number of carbonyl (C=O) groups excluding carboxylic acids is 2. The highest BCUT2D eigenvalue weighted by atomic mass is 16.5. The quantitative estimate of drug-likeness (QED) is 0.783. The van der Waals surface area contributed by atoms with Crippen LogP contribution in [0.25, 0.3) is 0 Å². The molecule has 0 amide bonds. The van der Waals surface area contributed by atoms with Crippen molar-refractivity contribution in [3.63, 3.8) is 0 Å². The molecule has 0 heterocycles. The average molecular weight is 262 g/mol. The van der Waals surface area contributed by atoms with Crippen LogP contribution >= 0.6 is 0 Å². The van der Waals surface area contributed by atoms with Crippen molar-refractivity contribution >= 4 is 11.8 Å². The zero-order chi connectivity index (χ0) is 14.1. The van der Waals surface area contributed by atoms with Crippen molar-refractivity contribution in [1.82, 2.24) is 0 Å². The molecule has 0 bridgehead atoms. The summed E-state index contributed by atoms with van der Waals surface area (Å²) in [5.41, 5.74) is 0.993. The van der Waals surface area contributed by atoms with E-state index in [1.54, 1.807) is 0 Å². The average Bonchev–Trinajstić information content (AvgIpc) is 2.49. The highest BCUT2D eigenvalue weighted by molar-refractivity contribution is 5.82. The molecule has 0 unspecified atom stereocenters. The maximum atomic E-state index is 11.7. The molecule has 3 heteroatoms. The first-order chi connectivity index (χ1) is 9.25. The molecule has 0 atom stereocenters. The van der Waals surface area contributed by atoms with Crippen LogP contribution in [0.3, 0.4) is 0 Å². The van der Waals surface area contributed by atoms with E-state index in [2.05, 4.69) is 0 Å². The minimum Gasteiger partial charge on any atom is -0.461 e. The van der Waals surface area contributed by atoms with Crippen molar-refractivity contribution < 1.29 is 14.3 Å². The van der Waals surface area contributed by atoms with Gasteiger partial charge in [-0.25, -0.2) is 0 Å². The molecule has 2 rings (SSSR count). The lowest BCUT2D eigenvalue weighted by molar-refractivity contribution is -0.151. The Morgan fingerprint density at radius 3 is 2.32 bits per heavy atom. The Hall–Kier alpha value is -1.64. The first kappa shape index (κ1) is 15.4. The van der Waals surface area contributed by atoms with E-state index < -0.39 is 0 Å². The number of Topliss-reactive ketones (excluding diaryl/α,β-unsaturated/α-hetero) is 1. The first-order valence-corrected chi connectivity index (χ1v) is 6.98. The van der Waals surface area contributed by atoms with Crippen LogP contribution in [0.4, 0.5) is 0 Å². The van der Waals surface area contributed by atoms with E-state index in [0.29, 0.717) is 32.3 Å². The Bertz CT molecular complexity index is 388. The summed E-state index contributed by atoms with van der Waals surface area (Å²) in [5, 5.41) is 0. The SMILES string of the molecule is CC.O=C1CCC(C(=O)OCc2ccccc2)CC1. The summed E-state index contributed by atoms with van der Waals surface area (Å²) >= 11 is 0. The van der Waals surface area contributed by atoms with Crippen molar-refractivity contribution in [2.75, 3.05) is 0 Å². The molecule has 104 valence electrons. The fourth-order valence-corrected chi connectivity index (χ4v) is 2.02. The van der Waals surface area contributed by atoms with Gasteiger partial charge in [0, 0.05) is 12.8 Å². The molecular formula is C16H22O3. The van der Waals surface area contributed by atoms with Crippen molar-refractivity contribution in [2.45, 2.75) is 46.1 Å². The predicted molar refractivity (Wildman–Crippen MR) is 74.6 cm³/mol. The van der Waals surface area contributed by atoms with Gasteiger partial charge in [-0.2, -0.15) is 0 Å². The number of carbonyl (C=O) groups is 2. The largest absolute Gasteiger partial charge is 0.461 e. The van der Waals surface area contributed by atoms with E-state index >= 15 is 0 Å². The molecule has 19 heavy (non-hydrogen) atoms. The summed E-state index contributed by atoms with van der Waals surface area (Å²) in [6.07, 6.45) is 2.33. The summed E-state index contributed by atoms with van der Waals surface area (Å²) in [7, 11) is 0. The molecule has 1 aliphatic rings. The fourth-order valence-electron chi connectivity index (χ4n) is 2.02. The second kappa shape index (κ2) is 8.46. The van der Waals surface area contributed by atoms with Crippen molar-refractivity contribution in [3.8, 4) is 0 Å². The van der Waals surface area contributed by atoms with Gasteiger partial charge in [0.05, 0.1) is 5.92 Å². The Kier molecular flexibility index (Phi) is 6.86. The second-order valence-corrected chi connectivity index (χ2v) is 4.41. The van der Waals surface area contributed by atoms with Crippen LogP contribution in [0.1, 0.15) is 45.1 Å². The maximum Gasteiger partial charge on any atom is 0.309 e. The van der Waals surface area contributed by atoms with Crippen LogP contribution < -0.4 is 0 Å². The summed E-state index contributed by atoms with van der Waals surface area (Å²) < 4.78 is 5.25. The first-order valence-electron chi connectivity index (χ1n) is 6.98. The molecule has 3 nitrogen and oxygen atoms in total. The van der Waals surface area contributed by atoms with E-state index in [1.165, 1.54) is 0 Å². The third kappa shape index (κ3) is 5.25. The monoisotopic (exact) mass is 262 g/mol. The van der Waals surface area contributed by atoms with Gasteiger partial charge in [-0.05, 0) is 18.4 Å². The van der Waals surface area contributed by atoms with Crippen molar-refractivity contribution in [1.29, 1.82) is 0 Å². The molecule has 0 aromatic heterocycles. The van der Waals surface area contributed by atoms with Crippen LogP contribution in [0.15, 0.2) is 30.3 Å². The Morgan fingerprint density at radius 2 is 1.74 bits per heavy atom. The number of hydrogen-bond donors (Lipinski definition) is 0. The molecule has 0 N–H and O–H groups in total. The van der Waals surface area contributed by atoms with Gasteiger partial charge in [-0.15, -0.1) is 0 Å². The Morgan fingerprint density at radius 1 is 1.16 bits per heavy atom. The highest BCUT2D eigenvalue weighted by Gasteiger charge is 2.25. The van der Waals surface area contributed by atoms with E-state index in [0.717, 1.165) is 5.56 Å². The number of rotatable bonds is 3. The third-order valence-electron chi connectivity index (χ3n) is 3.10. The molecule has 1 saturated carbocycles. The molecule has 0 saturated heterocycles. The number of benzene rings is 1. The van der Waals surface area contributed by atoms with Gasteiger partial charge in [0.15, 0.2) is 0 Å². The molecule has 0 spiro atoms. The fraction of sp³-hybridized carbons (Fsp3) is 0.500. The molecule has 1 fully saturated rings. The second-order valence-electron chi connectivity index (χ2n) is 4.41. The molecule has 1 aromatic rings. The zero-order valence-corrected chi connectivity index (χ0v) is 11.7. The van der Waals surface area contributed by atoms with E-state index in [-0.39, 0.29) is 17.7 Å². The Labute approximate surface area is 115 Å². The third-order valence-corrected chi connectivity index (χ3v) is 3.10. The lowest BCUT2D eigenvalue weighted by Gasteiger charge is -2.19. The van der Waals surface area contributed by atoms with E-state index in [4.69, 9.17) is 4.74 Å². The van der Waals surface area contributed by atoms with E-state index in [1.807, 2.05) is 44.2 Å². The minimum absolute atomic E-state index is 0.0867. The summed E-state index contributed by atoms with van der Waals surface area (Å²) in [6.45, 7) is 4.32. The number of ketones is 1. The Balaban J connectivity index is 0.000000861. The van der Waals surface area contributed by atoms with Crippen molar-refractivity contribution in [3.05, 3.63) is 35.9 Å². The molecule has 0 aliphatic heterocycles. The summed E-state index contributed by atoms with van der Waals surface area (Å²) in [4.78, 5) is 22.8. The van der Waals surface area contributed by atoms with Crippen LogP contribution in [-0.4, -0.2) is 11.8 Å². The topological polar surface area (TPSA) is 43.4 Å². The van der Waals surface area contributed by atoms with Crippen molar-refractivity contribution in [2.24, 2.45) is 5.92 Å². The van der Waals surface area contributed by atoms with Crippen LogP contribution in [0.2, 0.25) is 0 Å². The van der Waals surface area contributed by atoms with Crippen LogP contribution in [0, 0.1) is 5.92 Å². The lowest BCUT2D eigenvalue weighted by atomic mass is 9.88. The van der Waals surface area contributed by atoms with Gasteiger partial charge in [-0.3, -0.25) is 9.59 Å². The molecule has 1 aromatic carbocycles. The summed E-state index contributed by atoms with van der Waals surface area (Å²) in [5.74, 6) is 0.00914. The minimum atomic E-state index is -0.165. The van der Waals surface area contributed by atoms with Crippen LogP contribution in [-0.2, 0) is 20.9 Å². The van der Waals surface area contributed by atoms with Gasteiger partial charge in [-0.1, -0.05) is 44.2 Å². The number of hydrogen-bond acceptors (Lipinski definition) is 3. The predicted octanol–water partition coefficient (Wildman–Crippen LogP) is 3.52. The van der Waals surface area contributed by atoms with Gasteiger partial charge >= 0.3 is 5.97 Å². The molecule has 0 radical (unpaired) electrons. The zero-order valence-electron chi connectivity index (χ0n) is 11.7. The molecule has 1 aliphatic carbocycles.